The Hall–Kier alpha value is -0.610. The van der Waals surface area contributed by atoms with E-state index in [-0.39, 0.29) is 5.92 Å². The van der Waals surface area contributed by atoms with Crippen LogP contribution in [0.5, 0.6) is 0 Å². The third-order valence-electron chi connectivity index (χ3n) is 2.47. The molecular formula is C9H20N2O2. The van der Waals surface area contributed by atoms with Gasteiger partial charge >= 0.3 is 5.97 Å². The van der Waals surface area contributed by atoms with Gasteiger partial charge < -0.3 is 16.6 Å². The summed E-state index contributed by atoms with van der Waals surface area (Å²) in [6, 6.07) is 0. The topological polar surface area (TPSA) is 89.3 Å². The van der Waals surface area contributed by atoms with Crippen LogP contribution in [-0.2, 0) is 4.79 Å². The van der Waals surface area contributed by atoms with Crippen molar-refractivity contribution in [1.29, 1.82) is 0 Å². The average molecular weight is 188 g/mol. The summed E-state index contributed by atoms with van der Waals surface area (Å²) in [5, 5.41) is 8.95. The first-order valence-electron chi connectivity index (χ1n) is 4.67. The van der Waals surface area contributed by atoms with Crippen molar-refractivity contribution in [2.24, 2.45) is 17.4 Å². The number of carbonyl (C=O) groups is 1. The first kappa shape index (κ1) is 12.4. The third-order valence-corrected chi connectivity index (χ3v) is 2.47. The van der Waals surface area contributed by atoms with E-state index < -0.39 is 11.5 Å². The normalized spacial score (nSPS) is 15.8. The highest BCUT2D eigenvalue weighted by Gasteiger charge is 2.36. The van der Waals surface area contributed by atoms with E-state index in [1.165, 1.54) is 0 Å². The van der Waals surface area contributed by atoms with Gasteiger partial charge in [0.2, 0.25) is 0 Å². The van der Waals surface area contributed by atoms with Crippen LogP contribution in [-0.4, -0.2) is 23.2 Å². The number of nitrogens with two attached hydrogens (primary N) is 2. The van der Waals surface area contributed by atoms with Gasteiger partial charge in [-0.15, -0.1) is 0 Å². The van der Waals surface area contributed by atoms with Crippen LogP contribution in [0.4, 0.5) is 0 Å². The van der Waals surface area contributed by atoms with Gasteiger partial charge in [-0.2, -0.15) is 0 Å². The molecule has 4 heteroatoms. The van der Waals surface area contributed by atoms with E-state index in [0.29, 0.717) is 13.0 Å². The maximum Gasteiger partial charge on any atom is 0.323 e. The Morgan fingerprint density at radius 2 is 2.00 bits per heavy atom. The Morgan fingerprint density at radius 3 is 2.31 bits per heavy atom. The second-order valence-corrected chi connectivity index (χ2v) is 3.75. The van der Waals surface area contributed by atoms with E-state index in [0.717, 1.165) is 12.8 Å². The number of carboxylic acid groups (broad SMARTS) is 1. The predicted molar refractivity (Wildman–Crippen MR) is 52.3 cm³/mol. The number of carboxylic acids is 1. The largest absolute Gasteiger partial charge is 0.480 e. The Morgan fingerprint density at radius 1 is 1.46 bits per heavy atom. The van der Waals surface area contributed by atoms with Crippen LogP contribution in [0, 0.1) is 5.92 Å². The fraction of sp³-hybridized carbons (Fsp3) is 0.889. The molecule has 0 heterocycles. The SMILES string of the molecule is CC(C)C(N)(CCCCN)C(=O)O. The summed E-state index contributed by atoms with van der Waals surface area (Å²) in [6.45, 7) is 4.25. The molecule has 0 saturated heterocycles. The first-order chi connectivity index (χ1) is 5.95. The smallest absolute Gasteiger partial charge is 0.323 e. The van der Waals surface area contributed by atoms with Crippen molar-refractivity contribution in [1.82, 2.24) is 0 Å². The summed E-state index contributed by atoms with van der Waals surface area (Å²) in [5.41, 5.74) is 10.0. The monoisotopic (exact) mass is 188 g/mol. The van der Waals surface area contributed by atoms with Gasteiger partial charge in [-0.3, -0.25) is 4.79 Å². The van der Waals surface area contributed by atoms with Crippen molar-refractivity contribution in [2.75, 3.05) is 6.54 Å². The molecule has 0 aliphatic carbocycles. The standard InChI is InChI=1S/C9H20N2O2/c1-7(2)9(11,8(12)13)5-3-4-6-10/h7H,3-6,10-11H2,1-2H3,(H,12,13). The molecule has 4 nitrogen and oxygen atoms in total. The van der Waals surface area contributed by atoms with Crippen LogP contribution < -0.4 is 11.5 Å². The van der Waals surface area contributed by atoms with E-state index in [1.807, 2.05) is 13.8 Å². The maximum absolute atomic E-state index is 10.9. The molecule has 0 spiro atoms. The van der Waals surface area contributed by atoms with E-state index >= 15 is 0 Å². The average Bonchev–Trinajstić information content (AvgIpc) is 2.03. The molecule has 0 saturated carbocycles. The van der Waals surface area contributed by atoms with E-state index in [1.54, 1.807) is 0 Å². The van der Waals surface area contributed by atoms with Gasteiger partial charge in [0.05, 0.1) is 0 Å². The molecule has 0 aliphatic heterocycles. The van der Waals surface area contributed by atoms with Crippen molar-refractivity contribution in [3.05, 3.63) is 0 Å². The second kappa shape index (κ2) is 5.19. The first-order valence-corrected chi connectivity index (χ1v) is 4.67. The molecule has 0 aromatic rings. The molecule has 1 unspecified atom stereocenters. The zero-order valence-corrected chi connectivity index (χ0v) is 8.42. The van der Waals surface area contributed by atoms with E-state index in [9.17, 15) is 4.79 Å². The van der Waals surface area contributed by atoms with Crippen molar-refractivity contribution < 1.29 is 9.90 Å². The van der Waals surface area contributed by atoms with Crippen LogP contribution in [0.3, 0.4) is 0 Å². The lowest BCUT2D eigenvalue weighted by Gasteiger charge is -2.28. The Labute approximate surface area is 79.3 Å². The van der Waals surface area contributed by atoms with Gasteiger partial charge in [0, 0.05) is 0 Å². The Bertz CT molecular complexity index is 171. The second-order valence-electron chi connectivity index (χ2n) is 3.75. The summed E-state index contributed by atoms with van der Waals surface area (Å²) in [7, 11) is 0. The predicted octanol–water partition coefficient (Wildman–Crippen LogP) is 0.554. The van der Waals surface area contributed by atoms with Gasteiger partial charge in [-0.05, 0) is 31.7 Å². The fourth-order valence-corrected chi connectivity index (χ4v) is 1.20. The van der Waals surface area contributed by atoms with E-state index in [4.69, 9.17) is 16.6 Å². The molecule has 0 aromatic heterocycles. The highest BCUT2D eigenvalue weighted by Crippen LogP contribution is 2.20. The number of unbranched alkanes of at least 4 members (excludes halogenated alkanes) is 1. The number of hydrogen-bond acceptors (Lipinski definition) is 3. The number of hydrogen-bond donors (Lipinski definition) is 3. The Kier molecular flexibility index (Phi) is 4.95. The third kappa shape index (κ3) is 3.32. The molecule has 0 aliphatic rings. The van der Waals surface area contributed by atoms with E-state index in [2.05, 4.69) is 0 Å². The van der Waals surface area contributed by atoms with Crippen molar-refractivity contribution in [2.45, 2.75) is 38.6 Å². The molecule has 1 atom stereocenters. The Balaban J connectivity index is 4.17. The molecule has 0 aromatic carbocycles. The molecule has 0 bridgehead atoms. The lowest BCUT2D eigenvalue weighted by molar-refractivity contribution is -0.145. The quantitative estimate of drug-likeness (QED) is 0.531. The van der Waals surface area contributed by atoms with Crippen molar-refractivity contribution in [3.63, 3.8) is 0 Å². The molecular weight excluding hydrogens is 168 g/mol. The number of aliphatic carboxylic acids is 1. The van der Waals surface area contributed by atoms with Crippen molar-refractivity contribution in [3.8, 4) is 0 Å². The summed E-state index contributed by atoms with van der Waals surface area (Å²) < 4.78 is 0. The van der Waals surface area contributed by atoms with Crippen LogP contribution in [0.1, 0.15) is 33.1 Å². The summed E-state index contributed by atoms with van der Waals surface area (Å²) >= 11 is 0. The van der Waals surface area contributed by atoms with Crippen LogP contribution in [0.15, 0.2) is 0 Å². The van der Waals surface area contributed by atoms with Crippen molar-refractivity contribution >= 4 is 5.97 Å². The van der Waals surface area contributed by atoms with Gasteiger partial charge in [0.25, 0.3) is 0 Å². The molecule has 0 rings (SSSR count). The highest BCUT2D eigenvalue weighted by molar-refractivity contribution is 5.78. The van der Waals surface area contributed by atoms with Gasteiger partial charge in [0.1, 0.15) is 5.54 Å². The van der Waals surface area contributed by atoms with Crippen LogP contribution >= 0.6 is 0 Å². The highest BCUT2D eigenvalue weighted by atomic mass is 16.4. The molecule has 5 N–H and O–H groups in total. The van der Waals surface area contributed by atoms with Gasteiger partial charge in [-0.1, -0.05) is 13.8 Å². The zero-order valence-electron chi connectivity index (χ0n) is 8.42. The molecule has 0 fully saturated rings. The minimum Gasteiger partial charge on any atom is -0.480 e. The molecule has 0 amide bonds. The lowest BCUT2D eigenvalue weighted by Crippen LogP contribution is -2.52. The molecule has 0 radical (unpaired) electrons. The van der Waals surface area contributed by atoms with Crippen LogP contribution in [0.2, 0.25) is 0 Å². The zero-order chi connectivity index (χ0) is 10.5. The lowest BCUT2D eigenvalue weighted by atomic mass is 9.83. The van der Waals surface area contributed by atoms with Gasteiger partial charge in [0.15, 0.2) is 0 Å². The summed E-state index contributed by atoms with van der Waals surface area (Å²) in [5.74, 6) is -0.970. The maximum atomic E-state index is 10.9. The minimum absolute atomic E-state index is 0.0530. The summed E-state index contributed by atoms with van der Waals surface area (Å²) in [4.78, 5) is 10.9. The summed E-state index contributed by atoms with van der Waals surface area (Å²) in [6.07, 6.45) is 2.10. The van der Waals surface area contributed by atoms with Crippen LogP contribution in [0.25, 0.3) is 0 Å². The minimum atomic E-state index is -1.09. The fourth-order valence-electron chi connectivity index (χ4n) is 1.20. The number of rotatable bonds is 6. The molecule has 78 valence electrons. The van der Waals surface area contributed by atoms with Gasteiger partial charge in [-0.25, -0.2) is 0 Å². The molecule has 13 heavy (non-hydrogen) atoms.